The largest absolute Gasteiger partial charge is 0.435 e. The van der Waals surface area contributed by atoms with E-state index < -0.39 is 6.61 Å². The van der Waals surface area contributed by atoms with Crippen molar-refractivity contribution in [1.29, 1.82) is 0 Å². The van der Waals surface area contributed by atoms with E-state index in [1.165, 1.54) is 30.4 Å². The van der Waals surface area contributed by atoms with Crippen LogP contribution in [0.5, 0.6) is 5.75 Å². The van der Waals surface area contributed by atoms with E-state index in [1.54, 1.807) is 36.4 Å². The number of carbonyl (C=O) groups is 2. The minimum atomic E-state index is -2.88. The second-order valence-corrected chi connectivity index (χ2v) is 7.24. The van der Waals surface area contributed by atoms with E-state index in [1.807, 2.05) is 6.92 Å². The number of nitrogens with zero attached hydrogens (tertiary/aromatic N) is 1. The van der Waals surface area contributed by atoms with E-state index >= 15 is 0 Å². The number of nitrogens with one attached hydrogen (secondary N) is 2. The van der Waals surface area contributed by atoms with E-state index in [0.717, 1.165) is 10.4 Å². The molecule has 0 saturated heterocycles. The number of anilines is 2. The van der Waals surface area contributed by atoms with Gasteiger partial charge in [0.05, 0.1) is 5.69 Å². The number of thiazole rings is 1. The van der Waals surface area contributed by atoms with Gasteiger partial charge in [0.1, 0.15) is 5.75 Å². The summed E-state index contributed by atoms with van der Waals surface area (Å²) in [5.41, 5.74) is 2.39. The lowest BCUT2D eigenvalue weighted by Crippen LogP contribution is -2.12. The van der Waals surface area contributed by atoms with Crippen molar-refractivity contribution < 1.29 is 23.1 Å². The zero-order valence-electron chi connectivity index (χ0n) is 15.5. The first-order chi connectivity index (χ1) is 13.8. The Morgan fingerprint density at radius 3 is 2.28 bits per heavy atom. The highest BCUT2D eigenvalue weighted by molar-refractivity contribution is 7.16. The van der Waals surface area contributed by atoms with Crippen LogP contribution in [0, 0.1) is 6.92 Å². The predicted molar refractivity (Wildman–Crippen MR) is 108 cm³/mol. The first-order valence-corrected chi connectivity index (χ1v) is 9.35. The average Bonchev–Trinajstić information content (AvgIpc) is 3.02. The van der Waals surface area contributed by atoms with Gasteiger partial charge in [0.15, 0.2) is 5.13 Å². The van der Waals surface area contributed by atoms with Gasteiger partial charge < -0.3 is 10.1 Å². The van der Waals surface area contributed by atoms with Crippen LogP contribution in [0.15, 0.2) is 48.5 Å². The van der Waals surface area contributed by atoms with Crippen LogP contribution in [0.1, 0.15) is 22.2 Å². The molecule has 9 heteroatoms. The Morgan fingerprint density at radius 2 is 1.69 bits per heavy atom. The lowest BCUT2D eigenvalue weighted by Gasteiger charge is -2.05. The minimum Gasteiger partial charge on any atom is -0.435 e. The van der Waals surface area contributed by atoms with Crippen LogP contribution in [-0.2, 0) is 4.79 Å². The molecule has 0 bridgehead atoms. The number of aromatic nitrogens is 1. The number of ether oxygens (including phenoxy) is 1. The molecule has 2 aromatic carbocycles. The fraction of sp³-hybridized carbons (Fsp3) is 0.150. The number of hydrogen-bond acceptors (Lipinski definition) is 5. The van der Waals surface area contributed by atoms with Crippen LogP contribution in [0.3, 0.4) is 0 Å². The highest BCUT2D eigenvalue weighted by Crippen LogP contribution is 2.31. The Hall–Kier alpha value is -3.33. The quantitative estimate of drug-likeness (QED) is 0.596. The number of carbonyl (C=O) groups excluding carboxylic acids is 2. The Labute approximate surface area is 169 Å². The van der Waals surface area contributed by atoms with Crippen molar-refractivity contribution in [2.45, 2.75) is 20.5 Å². The van der Waals surface area contributed by atoms with E-state index in [9.17, 15) is 18.4 Å². The second-order valence-electron chi connectivity index (χ2n) is 6.04. The zero-order chi connectivity index (χ0) is 21.0. The molecule has 0 aliphatic heterocycles. The minimum absolute atomic E-state index is 0.0628. The van der Waals surface area contributed by atoms with Crippen molar-refractivity contribution in [3.05, 3.63) is 59.0 Å². The van der Waals surface area contributed by atoms with Crippen molar-refractivity contribution in [3.8, 4) is 17.0 Å². The van der Waals surface area contributed by atoms with Crippen LogP contribution in [0.2, 0.25) is 0 Å². The first kappa shape index (κ1) is 20.4. The third kappa shape index (κ3) is 5.35. The lowest BCUT2D eigenvalue weighted by molar-refractivity contribution is -0.114. The SMILES string of the molecule is CC(=O)Nc1ccc(C(=O)Nc2nc(-c3ccc(OC(F)F)cc3)c(C)s2)cc1. The summed E-state index contributed by atoms with van der Waals surface area (Å²) in [6.45, 7) is 0.382. The third-order valence-corrected chi connectivity index (χ3v) is 4.72. The topological polar surface area (TPSA) is 80.3 Å². The molecule has 0 aliphatic carbocycles. The molecular formula is C20H17F2N3O3S. The monoisotopic (exact) mass is 417 g/mol. The highest BCUT2D eigenvalue weighted by Gasteiger charge is 2.14. The van der Waals surface area contributed by atoms with Gasteiger partial charge in [0.25, 0.3) is 5.91 Å². The van der Waals surface area contributed by atoms with Crippen molar-refractivity contribution in [3.63, 3.8) is 0 Å². The molecule has 0 aliphatic rings. The number of halogens is 2. The molecule has 1 aromatic heterocycles. The van der Waals surface area contributed by atoms with Crippen molar-refractivity contribution in [2.75, 3.05) is 10.6 Å². The molecule has 0 atom stereocenters. The fourth-order valence-corrected chi connectivity index (χ4v) is 3.42. The molecule has 3 rings (SSSR count). The predicted octanol–water partition coefficient (Wildman–Crippen LogP) is 4.93. The molecule has 0 fully saturated rings. The molecule has 0 unspecified atom stereocenters. The molecule has 2 amide bonds. The Kier molecular flexibility index (Phi) is 6.18. The normalized spacial score (nSPS) is 10.7. The maximum absolute atomic E-state index is 12.4. The van der Waals surface area contributed by atoms with Crippen LogP contribution in [0.4, 0.5) is 19.6 Å². The van der Waals surface area contributed by atoms with E-state index in [-0.39, 0.29) is 17.6 Å². The van der Waals surface area contributed by atoms with Crippen molar-refractivity contribution >= 4 is 34.0 Å². The molecule has 150 valence electrons. The van der Waals surface area contributed by atoms with Gasteiger partial charge in [-0.2, -0.15) is 8.78 Å². The Balaban J connectivity index is 1.71. The highest BCUT2D eigenvalue weighted by atomic mass is 32.1. The number of aryl methyl sites for hydroxylation is 1. The summed E-state index contributed by atoms with van der Waals surface area (Å²) in [6, 6.07) is 12.6. The summed E-state index contributed by atoms with van der Waals surface area (Å²) in [6.07, 6.45) is 0. The van der Waals surface area contributed by atoms with Gasteiger partial charge in [-0.3, -0.25) is 14.9 Å². The molecule has 0 radical (unpaired) electrons. The zero-order valence-corrected chi connectivity index (χ0v) is 16.3. The van der Waals surface area contributed by atoms with Gasteiger partial charge in [-0.05, 0) is 55.5 Å². The standard InChI is InChI=1S/C20H17F2N3O3S/c1-11-17(13-5-9-16(10-6-13)28-19(21)22)24-20(29-11)25-18(27)14-3-7-15(8-4-14)23-12(2)26/h3-10,19H,1-2H3,(H,23,26)(H,24,25,27). The number of alkyl halides is 2. The summed E-state index contributed by atoms with van der Waals surface area (Å²) < 4.78 is 28.9. The third-order valence-electron chi connectivity index (χ3n) is 3.84. The number of hydrogen-bond donors (Lipinski definition) is 2. The van der Waals surface area contributed by atoms with Crippen LogP contribution in [0.25, 0.3) is 11.3 Å². The molecule has 0 saturated carbocycles. The molecule has 2 N–H and O–H groups in total. The summed E-state index contributed by atoms with van der Waals surface area (Å²) in [7, 11) is 0. The van der Waals surface area contributed by atoms with E-state index in [4.69, 9.17) is 0 Å². The van der Waals surface area contributed by atoms with Gasteiger partial charge in [0.2, 0.25) is 5.91 Å². The van der Waals surface area contributed by atoms with Gasteiger partial charge >= 0.3 is 6.61 Å². The average molecular weight is 417 g/mol. The fourth-order valence-electron chi connectivity index (χ4n) is 2.59. The summed E-state index contributed by atoms with van der Waals surface area (Å²) in [5, 5.41) is 5.79. The van der Waals surface area contributed by atoms with Gasteiger partial charge in [-0.15, -0.1) is 11.3 Å². The van der Waals surface area contributed by atoms with E-state index in [0.29, 0.717) is 22.1 Å². The maximum Gasteiger partial charge on any atom is 0.387 e. The summed E-state index contributed by atoms with van der Waals surface area (Å²) >= 11 is 1.31. The molecule has 6 nitrogen and oxygen atoms in total. The van der Waals surface area contributed by atoms with Gasteiger partial charge in [0, 0.05) is 28.6 Å². The summed E-state index contributed by atoms with van der Waals surface area (Å²) in [4.78, 5) is 28.8. The molecular weight excluding hydrogens is 400 g/mol. The maximum atomic E-state index is 12.4. The van der Waals surface area contributed by atoms with Crippen LogP contribution < -0.4 is 15.4 Å². The van der Waals surface area contributed by atoms with Crippen molar-refractivity contribution in [2.24, 2.45) is 0 Å². The number of amides is 2. The summed E-state index contributed by atoms with van der Waals surface area (Å²) in [5.74, 6) is -0.463. The smallest absolute Gasteiger partial charge is 0.387 e. The van der Waals surface area contributed by atoms with Crippen LogP contribution >= 0.6 is 11.3 Å². The number of benzene rings is 2. The molecule has 0 spiro atoms. The van der Waals surface area contributed by atoms with Crippen LogP contribution in [-0.4, -0.2) is 23.4 Å². The van der Waals surface area contributed by atoms with Gasteiger partial charge in [-0.1, -0.05) is 0 Å². The second kappa shape index (κ2) is 8.78. The lowest BCUT2D eigenvalue weighted by atomic mass is 10.1. The van der Waals surface area contributed by atoms with E-state index in [2.05, 4.69) is 20.4 Å². The Bertz CT molecular complexity index is 1020. The molecule has 29 heavy (non-hydrogen) atoms. The molecule has 3 aromatic rings. The molecule has 1 heterocycles. The van der Waals surface area contributed by atoms with Crippen molar-refractivity contribution in [1.82, 2.24) is 4.98 Å². The first-order valence-electron chi connectivity index (χ1n) is 8.53. The Morgan fingerprint density at radius 1 is 1.03 bits per heavy atom. The number of rotatable bonds is 6. The van der Waals surface area contributed by atoms with Gasteiger partial charge in [-0.25, -0.2) is 4.98 Å².